The molecule has 3 nitrogen and oxygen atoms in total. The maximum Gasteiger partial charge on any atom is 0.263 e. The first-order valence-corrected chi connectivity index (χ1v) is 7.10. The van der Waals surface area contributed by atoms with Gasteiger partial charge in [0.05, 0.1) is 10.6 Å². The number of nitrogens with one attached hydrogen (secondary N) is 1. The minimum absolute atomic E-state index is 0.0829. The van der Waals surface area contributed by atoms with Crippen LogP contribution in [0.5, 0.6) is 0 Å². The largest absolute Gasteiger partial charge is 0.345 e. The van der Waals surface area contributed by atoms with Crippen LogP contribution in [0.15, 0.2) is 5.38 Å². The number of aryl methyl sites for hydroxylation is 1. The van der Waals surface area contributed by atoms with E-state index in [1.807, 2.05) is 12.3 Å². The fourth-order valence-electron chi connectivity index (χ4n) is 2.31. The fourth-order valence-corrected chi connectivity index (χ4v) is 3.49. The van der Waals surface area contributed by atoms with Gasteiger partial charge in [0.15, 0.2) is 0 Å². The summed E-state index contributed by atoms with van der Waals surface area (Å²) in [4.78, 5) is 12.8. The van der Waals surface area contributed by atoms with Crippen LogP contribution >= 0.6 is 22.9 Å². The molecule has 1 aromatic rings. The van der Waals surface area contributed by atoms with Gasteiger partial charge in [-0.15, -0.1) is 11.3 Å². The standard InChI is InChI=1S/C12H17ClN2OS/c1-8-6-17-10(9(8)13)11(16)15-12(7-14)4-2-3-5-12/h6H,2-5,7,14H2,1H3,(H,15,16). The molecule has 1 amide bonds. The van der Waals surface area contributed by atoms with E-state index in [1.54, 1.807) is 0 Å². The van der Waals surface area contributed by atoms with Crippen molar-refractivity contribution in [3.05, 3.63) is 20.8 Å². The fraction of sp³-hybridized carbons (Fsp3) is 0.583. The van der Waals surface area contributed by atoms with Gasteiger partial charge in [-0.3, -0.25) is 4.79 Å². The van der Waals surface area contributed by atoms with E-state index in [1.165, 1.54) is 11.3 Å². The summed E-state index contributed by atoms with van der Waals surface area (Å²) in [6, 6.07) is 0. The molecular formula is C12H17ClN2OS. The van der Waals surface area contributed by atoms with Gasteiger partial charge in [-0.25, -0.2) is 0 Å². The van der Waals surface area contributed by atoms with E-state index in [0.717, 1.165) is 31.2 Å². The Bertz CT molecular complexity index is 424. The number of nitrogens with two attached hydrogens (primary N) is 1. The van der Waals surface area contributed by atoms with Crippen LogP contribution in [0.3, 0.4) is 0 Å². The van der Waals surface area contributed by atoms with Crippen molar-refractivity contribution >= 4 is 28.8 Å². The van der Waals surface area contributed by atoms with E-state index >= 15 is 0 Å². The SMILES string of the molecule is Cc1csc(C(=O)NC2(CN)CCCC2)c1Cl. The molecule has 0 spiro atoms. The zero-order valence-corrected chi connectivity index (χ0v) is 11.5. The van der Waals surface area contributed by atoms with Gasteiger partial charge in [-0.2, -0.15) is 0 Å². The van der Waals surface area contributed by atoms with Crippen LogP contribution in [0.4, 0.5) is 0 Å². The molecule has 0 saturated heterocycles. The van der Waals surface area contributed by atoms with Crippen LogP contribution in [0.2, 0.25) is 5.02 Å². The summed E-state index contributed by atoms with van der Waals surface area (Å²) < 4.78 is 0. The molecule has 0 radical (unpaired) electrons. The Hall–Kier alpha value is -0.580. The molecule has 1 aromatic heterocycles. The first-order chi connectivity index (χ1) is 8.08. The Morgan fingerprint density at radius 1 is 1.59 bits per heavy atom. The lowest BCUT2D eigenvalue weighted by Gasteiger charge is -2.28. The van der Waals surface area contributed by atoms with E-state index in [2.05, 4.69) is 5.32 Å². The molecule has 1 aliphatic rings. The number of thiophene rings is 1. The predicted molar refractivity (Wildman–Crippen MR) is 71.8 cm³/mol. The first-order valence-electron chi connectivity index (χ1n) is 5.84. The number of hydrogen-bond acceptors (Lipinski definition) is 3. The number of carbonyl (C=O) groups excluding carboxylic acids is 1. The van der Waals surface area contributed by atoms with Crippen LogP contribution in [0.25, 0.3) is 0 Å². The second-order valence-electron chi connectivity index (χ2n) is 4.71. The van der Waals surface area contributed by atoms with Gasteiger partial charge in [0.1, 0.15) is 4.88 Å². The van der Waals surface area contributed by atoms with E-state index in [4.69, 9.17) is 17.3 Å². The smallest absolute Gasteiger partial charge is 0.263 e. The van der Waals surface area contributed by atoms with Gasteiger partial charge in [-0.05, 0) is 30.7 Å². The highest BCUT2D eigenvalue weighted by molar-refractivity contribution is 7.13. The third-order valence-electron chi connectivity index (χ3n) is 3.44. The van der Waals surface area contributed by atoms with Gasteiger partial charge in [0.25, 0.3) is 5.91 Å². The minimum Gasteiger partial charge on any atom is -0.345 e. The molecule has 3 N–H and O–H groups in total. The zero-order valence-electron chi connectivity index (χ0n) is 9.88. The van der Waals surface area contributed by atoms with E-state index in [-0.39, 0.29) is 11.4 Å². The van der Waals surface area contributed by atoms with Crippen LogP contribution in [0.1, 0.15) is 40.9 Å². The summed E-state index contributed by atoms with van der Waals surface area (Å²) in [5.74, 6) is -0.0829. The second-order valence-corrected chi connectivity index (χ2v) is 5.97. The Labute approximate surface area is 110 Å². The van der Waals surface area contributed by atoms with Gasteiger partial charge in [0, 0.05) is 6.54 Å². The highest BCUT2D eigenvalue weighted by Gasteiger charge is 2.34. The van der Waals surface area contributed by atoms with Crippen LogP contribution in [-0.2, 0) is 0 Å². The van der Waals surface area contributed by atoms with Crippen molar-refractivity contribution in [3.63, 3.8) is 0 Å². The minimum atomic E-state index is -0.210. The van der Waals surface area contributed by atoms with E-state index in [0.29, 0.717) is 16.4 Å². The van der Waals surface area contributed by atoms with E-state index < -0.39 is 0 Å². The quantitative estimate of drug-likeness (QED) is 0.889. The molecule has 5 heteroatoms. The molecule has 94 valence electrons. The monoisotopic (exact) mass is 272 g/mol. The number of rotatable bonds is 3. The Morgan fingerprint density at radius 2 is 2.24 bits per heavy atom. The highest BCUT2D eigenvalue weighted by atomic mass is 35.5. The number of hydrogen-bond donors (Lipinski definition) is 2. The summed E-state index contributed by atoms with van der Waals surface area (Å²) in [6.07, 6.45) is 4.21. The van der Waals surface area contributed by atoms with Crippen molar-refractivity contribution in [3.8, 4) is 0 Å². The van der Waals surface area contributed by atoms with Crippen molar-refractivity contribution in [2.45, 2.75) is 38.1 Å². The van der Waals surface area contributed by atoms with Crippen molar-refractivity contribution in [2.24, 2.45) is 5.73 Å². The van der Waals surface area contributed by atoms with Crippen LogP contribution in [0, 0.1) is 6.92 Å². The molecule has 0 aromatic carbocycles. The highest BCUT2D eigenvalue weighted by Crippen LogP contribution is 2.31. The Morgan fingerprint density at radius 3 is 2.71 bits per heavy atom. The third-order valence-corrected chi connectivity index (χ3v) is 5.13. The van der Waals surface area contributed by atoms with Crippen LogP contribution in [-0.4, -0.2) is 18.0 Å². The molecule has 0 aliphatic heterocycles. The molecule has 0 bridgehead atoms. The summed E-state index contributed by atoms with van der Waals surface area (Å²) >= 11 is 7.49. The molecule has 0 atom stereocenters. The summed E-state index contributed by atoms with van der Waals surface area (Å²) in [6.45, 7) is 2.41. The van der Waals surface area contributed by atoms with Crippen molar-refractivity contribution in [1.82, 2.24) is 5.32 Å². The molecule has 1 aliphatic carbocycles. The van der Waals surface area contributed by atoms with E-state index in [9.17, 15) is 4.79 Å². The van der Waals surface area contributed by atoms with Crippen molar-refractivity contribution in [1.29, 1.82) is 0 Å². The summed E-state index contributed by atoms with van der Waals surface area (Å²) in [5.41, 5.74) is 6.54. The first kappa shape index (κ1) is 12.9. The maximum absolute atomic E-state index is 12.2. The lowest BCUT2D eigenvalue weighted by molar-refractivity contribution is 0.0907. The van der Waals surface area contributed by atoms with Gasteiger partial charge >= 0.3 is 0 Å². The lowest BCUT2D eigenvalue weighted by Crippen LogP contribution is -2.51. The van der Waals surface area contributed by atoms with Crippen molar-refractivity contribution < 1.29 is 4.79 Å². The molecule has 1 fully saturated rings. The number of halogens is 1. The lowest BCUT2D eigenvalue weighted by atomic mass is 9.98. The molecule has 17 heavy (non-hydrogen) atoms. The van der Waals surface area contributed by atoms with Crippen LogP contribution < -0.4 is 11.1 Å². The topological polar surface area (TPSA) is 55.1 Å². The number of carbonyl (C=O) groups is 1. The average molecular weight is 273 g/mol. The van der Waals surface area contributed by atoms with Crippen molar-refractivity contribution in [2.75, 3.05) is 6.54 Å². The average Bonchev–Trinajstić information content (AvgIpc) is 2.89. The van der Waals surface area contributed by atoms with Gasteiger partial charge < -0.3 is 11.1 Å². The molecular weight excluding hydrogens is 256 g/mol. The Balaban J connectivity index is 2.13. The Kier molecular flexibility index (Phi) is 3.76. The third kappa shape index (κ3) is 2.49. The molecule has 2 rings (SSSR count). The molecule has 1 saturated carbocycles. The normalized spacial score (nSPS) is 18.3. The maximum atomic E-state index is 12.2. The van der Waals surface area contributed by atoms with Gasteiger partial charge in [0.2, 0.25) is 0 Å². The zero-order chi connectivity index (χ0) is 12.5. The molecule has 1 heterocycles. The molecule has 0 unspecified atom stereocenters. The predicted octanol–water partition coefficient (Wildman–Crippen LogP) is 2.71. The van der Waals surface area contributed by atoms with Gasteiger partial charge in [-0.1, -0.05) is 24.4 Å². The summed E-state index contributed by atoms with van der Waals surface area (Å²) in [5, 5.41) is 5.55. The second kappa shape index (κ2) is 4.96. The summed E-state index contributed by atoms with van der Waals surface area (Å²) in [7, 11) is 0. The number of amides is 1.